The van der Waals surface area contributed by atoms with Crippen LogP contribution in [0.4, 0.5) is 5.82 Å². The van der Waals surface area contributed by atoms with Crippen molar-refractivity contribution in [3.63, 3.8) is 0 Å². The number of anilines is 1. The van der Waals surface area contributed by atoms with Gasteiger partial charge in [-0.25, -0.2) is 15.8 Å². The molecule has 5 nitrogen and oxygen atoms in total. The molecule has 19 heavy (non-hydrogen) atoms. The summed E-state index contributed by atoms with van der Waals surface area (Å²) in [5.41, 5.74) is 6.41. The second kappa shape index (κ2) is 5.01. The number of nitrogen functional groups attached to an aromatic ring is 1. The molecule has 0 aliphatic heterocycles. The first-order valence-corrected chi connectivity index (χ1v) is 6.74. The van der Waals surface area contributed by atoms with Crippen LogP contribution in [0.5, 0.6) is 0 Å². The molecule has 5 heteroatoms. The minimum absolute atomic E-state index is 0.688. The molecule has 0 atom stereocenters. The Bertz CT molecular complexity index is 570. The van der Waals surface area contributed by atoms with E-state index in [1.54, 1.807) is 0 Å². The van der Waals surface area contributed by atoms with E-state index in [4.69, 9.17) is 10.8 Å². The fourth-order valence-electron chi connectivity index (χ4n) is 2.73. The van der Waals surface area contributed by atoms with Gasteiger partial charge in [0.15, 0.2) is 0 Å². The van der Waals surface area contributed by atoms with Crippen LogP contribution < -0.4 is 11.3 Å². The van der Waals surface area contributed by atoms with Gasteiger partial charge >= 0.3 is 0 Å². The number of imidazole rings is 1. The SMILES string of the molecule is Cc1nc2c(n1Cc1ccc(NN)nc1)CCCC2. The number of fused-ring (bicyclic) bond motifs is 1. The first-order chi connectivity index (χ1) is 9.28. The van der Waals surface area contributed by atoms with Crippen molar-refractivity contribution in [2.45, 2.75) is 39.2 Å². The van der Waals surface area contributed by atoms with Crippen LogP contribution in [0.2, 0.25) is 0 Å². The molecule has 2 aromatic heterocycles. The monoisotopic (exact) mass is 257 g/mol. The highest BCUT2D eigenvalue weighted by Gasteiger charge is 2.17. The van der Waals surface area contributed by atoms with E-state index in [1.807, 2.05) is 12.3 Å². The van der Waals surface area contributed by atoms with Crippen LogP contribution in [0.3, 0.4) is 0 Å². The summed E-state index contributed by atoms with van der Waals surface area (Å²) in [6.07, 6.45) is 6.67. The highest BCUT2D eigenvalue weighted by atomic mass is 15.2. The fourth-order valence-corrected chi connectivity index (χ4v) is 2.73. The average Bonchev–Trinajstić information content (AvgIpc) is 2.76. The summed E-state index contributed by atoms with van der Waals surface area (Å²) in [6.45, 7) is 2.92. The number of pyridine rings is 1. The normalized spacial score (nSPS) is 14.2. The second-order valence-corrected chi connectivity index (χ2v) is 5.04. The van der Waals surface area contributed by atoms with Crippen molar-refractivity contribution in [2.75, 3.05) is 5.43 Å². The van der Waals surface area contributed by atoms with Crippen molar-refractivity contribution in [3.05, 3.63) is 41.1 Å². The number of hydrogen-bond donors (Lipinski definition) is 2. The Morgan fingerprint density at radius 1 is 1.32 bits per heavy atom. The molecule has 100 valence electrons. The molecule has 3 N–H and O–H groups in total. The van der Waals surface area contributed by atoms with Crippen molar-refractivity contribution in [1.29, 1.82) is 0 Å². The first kappa shape index (κ1) is 12.2. The lowest BCUT2D eigenvalue weighted by Crippen LogP contribution is -2.11. The van der Waals surface area contributed by atoms with Crippen LogP contribution in [0.25, 0.3) is 0 Å². The van der Waals surface area contributed by atoms with Gasteiger partial charge in [0, 0.05) is 11.9 Å². The lowest BCUT2D eigenvalue weighted by atomic mass is 10.0. The lowest BCUT2D eigenvalue weighted by molar-refractivity contribution is 0.624. The number of hydrazine groups is 1. The number of nitrogens with two attached hydrogens (primary N) is 1. The third-order valence-electron chi connectivity index (χ3n) is 3.74. The van der Waals surface area contributed by atoms with Gasteiger partial charge in [-0.2, -0.15) is 0 Å². The predicted octanol–water partition coefficient (Wildman–Crippen LogP) is 1.80. The zero-order chi connectivity index (χ0) is 13.2. The molecule has 0 saturated heterocycles. The van der Waals surface area contributed by atoms with Crippen molar-refractivity contribution < 1.29 is 0 Å². The first-order valence-electron chi connectivity index (χ1n) is 6.74. The van der Waals surface area contributed by atoms with E-state index in [1.165, 1.54) is 29.8 Å². The van der Waals surface area contributed by atoms with Gasteiger partial charge in [0.05, 0.1) is 12.2 Å². The molecular formula is C14H19N5. The third-order valence-corrected chi connectivity index (χ3v) is 3.74. The van der Waals surface area contributed by atoms with Gasteiger partial charge in [-0.15, -0.1) is 0 Å². The van der Waals surface area contributed by atoms with Gasteiger partial charge in [0.25, 0.3) is 0 Å². The summed E-state index contributed by atoms with van der Waals surface area (Å²) >= 11 is 0. The van der Waals surface area contributed by atoms with Crippen molar-refractivity contribution in [1.82, 2.24) is 14.5 Å². The third kappa shape index (κ3) is 2.33. The minimum atomic E-state index is 0.688. The van der Waals surface area contributed by atoms with E-state index in [0.29, 0.717) is 5.82 Å². The molecule has 1 aliphatic rings. The molecule has 0 bridgehead atoms. The summed E-state index contributed by atoms with van der Waals surface area (Å²) in [4.78, 5) is 8.94. The Balaban J connectivity index is 1.88. The number of rotatable bonds is 3. The number of aryl methyl sites for hydroxylation is 2. The van der Waals surface area contributed by atoms with Crippen molar-refractivity contribution in [2.24, 2.45) is 5.84 Å². The van der Waals surface area contributed by atoms with E-state index >= 15 is 0 Å². The molecule has 0 aromatic carbocycles. The van der Waals surface area contributed by atoms with Crippen LogP contribution in [-0.4, -0.2) is 14.5 Å². The molecule has 0 unspecified atom stereocenters. The molecule has 0 saturated carbocycles. The second-order valence-electron chi connectivity index (χ2n) is 5.04. The Kier molecular flexibility index (Phi) is 3.21. The van der Waals surface area contributed by atoms with Crippen LogP contribution in [-0.2, 0) is 19.4 Å². The van der Waals surface area contributed by atoms with Crippen LogP contribution in [0, 0.1) is 6.92 Å². The largest absolute Gasteiger partial charge is 0.328 e. The van der Waals surface area contributed by atoms with E-state index in [2.05, 4.69) is 28.0 Å². The highest BCUT2D eigenvalue weighted by molar-refractivity contribution is 5.34. The maximum Gasteiger partial charge on any atom is 0.139 e. The zero-order valence-corrected chi connectivity index (χ0v) is 11.2. The van der Waals surface area contributed by atoms with Gasteiger partial charge in [0.1, 0.15) is 11.6 Å². The lowest BCUT2D eigenvalue weighted by Gasteiger charge is -2.14. The van der Waals surface area contributed by atoms with Crippen LogP contribution in [0.1, 0.15) is 35.6 Å². The maximum absolute atomic E-state index is 5.32. The maximum atomic E-state index is 5.32. The van der Waals surface area contributed by atoms with E-state index < -0.39 is 0 Å². The quantitative estimate of drug-likeness (QED) is 0.650. The Hall–Kier alpha value is -1.88. The number of nitrogens with zero attached hydrogens (tertiary/aromatic N) is 3. The van der Waals surface area contributed by atoms with Gasteiger partial charge in [-0.1, -0.05) is 6.07 Å². The fraction of sp³-hybridized carbons (Fsp3) is 0.429. The number of nitrogens with one attached hydrogen (secondary N) is 1. The van der Waals surface area contributed by atoms with E-state index in [-0.39, 0.29) is 0 Å². The summed E-state index contributed by atoms with van der Waals surface area (Å²) in [5, 5.41) is 0. The molecule has 0 spiro atoms. The smallest absolute Gasteiger partial charge is 0.139 e. The number of aromatic nitrogens is 3. The number of hydrogen-bond acceptors (Lipinski definition) is 4. The van der Waals surface area contributed by atoms with Gasteiger partial charge in [-0.05, 0) is 44.2 Å². The average molecular weight is 257 g/mol. The van der Waals surface area contributed by atoms with Gasteiger partial charge in [-0.3, -0.25) is 0 Å². The van der Waals surface area contributed by atoms with Crippen LogP contribution in [0.15, 0.2) is 18.3 Å². The van der Waals surface area contributed by atoms with Crippen molar-refractivity contribution >= 4 is 5.82 Å². The summed E-state index contributed by atoms with van der Waals surface area (Å²) in [6, 6.07) is 3.95. The van der Waals surface area contributed by atoms with E-state index in [9.17, 15) is 0 Å². The summed E-state index contributed by atoms with van der Waals surface area (Å²) < 4.78 is 2.32. The van der Waals surface area contributed by atoms with Gasteiger partial charge in [0.2, 0.25) is 0 Å². The van der Waals surface area contributed by atoms with E-state index in [0.717, 1.165) is 25.2 Å². The molecule has 1 aliphatic carbocycles. The zero-order valence-electron chi connectivity index (χ0n) is 11.2. The predicted molar refractivity (Wildman–Crippen MR) is 74.8 cm³/mol. The molecule has 0 amide bonds. The highest BCUT2D eigenvalue weighted by Crippen LogP contribution is 2.23. The molecule has 2 heterocycles. The summed E-state index contributed by atoms with van der Waals surface area (Å²) in [5.74, 6) is 7.12. The Labute approximate surface area is 112 Å². The molecule has 0 fully saturated rings. The Morgan fingerprint density at radius 3 is 2.89 bits per heavy atom. The minimum Gasteiger partial charge on any atom is -0.328 e. The topological polar surface area (TPSA) is 68.8 Å². The molecule has 2 aromatic rings. The Morgan fingerprint density at radius 2 is 2.16 bits per heavy atom. The molecule has 0 radical (unpaired) electrons. The molecular weight excluding hydrogens is 238 g/mol. The van der Waals surface area contributed by atoms with Crippen LogP contribution >= 0.6 is 0 Å². The summed E-state index contributed by atoms with van der Waals surface area (Å²) in [7, 11) is 0. The standard InChI is InChI=1S/C14H19N5/c1-10-17-12-4-2-3-5-13(12)19(10)9-11-6-7-14(18-15)16-8-11/h6-8H,2-5,9,15H2,1H3,(H,16,18). The van der Waals surface area contributed by atoms with Crippen molar-refractivity contribution in [3.8, 4) is 0 Å². The molecule has 3 rings (SSSR count). The van der Waals surface area contributed by atoms with Gasteiger partial charge < -0.3 is 9.99 Å².